The van der Waals surface area contributed by atoms with Crippen LogP contribution in [0.1, 0.15) is 5.56 Å². The predicted octanol–water partition coefficient (Wildman–Crippen LogP) is 2.15. The Kier molecular flexibility index (Phi) is 5.63. The Morgan fingerprint density at radius 3 is 2.79 bits per heavy atom. The zero-order valence-electron chi connectivity index (χ0n) is 10.3. The van der Waals surface area contributed by atoms with Crippen molar-refractivity contribution in [3.8, 4) is 12.3 Å². The summed E-state index contributed by atoms with van der Waals surface area (Å²) in [6, 6.07) is 4.96. The molecule has 0 heterocycles. The Bertz CT molecular complexity index is 537. The van der Waals surface area contributed by atoms with Crippen LogP contribution in [0, 0.1) is 22.8 Å². The number of urea groups is 1. The van der Waals surface area contributed by atoms with Crippen LogP contribution < -0.4 is 5.32 Å². The van der Waals surface area contributed by atoms with E-state index in [2.05, 4.69) is 33.8 Å². The minimum absolute atomic E-state index is 0.0545. The fraction of sp³-hybridized carbons (Fsp3) is 0.231. The number of rotatable bonds is 4. The molecule has 6 heteroatoms. The smallest absolute Gasteiger partial charge is 0.323 e. The van der Waals surface area contributed by atoms with Crippen LogP contribution in [0.2, 0.25) is 0 Å². The maximum atomic E-state index is 12.0. The summed E-state index contributed by atoms with van der Waals surface area (Å²) in [6.45, 7) is 1.39. The van der Waals surface area contributed by atoms with Gasteiger partial charge >= 0.3 is 12.0 Å². The third-order valence-electron chi connectivity index (χ3n) is 2.40. The van der Waals surface area contributed by atoms with Gasteiger partial charge in [-0.1, -0.05) is 12.0 Å². The summed E-state index contributed by atoms with van der Waals surface area (Å²) >= 11 is 2.16. The summed E-state index contributed by atoms with van der Waals surface area (Å²) in [5.74, 6) is 1.16. The highest BCUT2D eigenvalue weighted by atomic mass is 127. The predicted molar refractivity (Wildman–Crippen MR) is 81.0 cm³/mol. The van der Waals surface area contributed by atoms with Crippen molar-refractivity contribution >= 4 is 40.3 Å². The quantitative estimate of drug-likeness (QED) is 0.629. The first-order valence-electron chi connectivity index (χ1n) is 5.42. The van der Waals surface area contributed by atoms with Crippen LogP contribution in [0.4, 0.5) is 10.5 Å². The van der Waals surface area contributed by atoms with Crippen molar-refractivity contribution in [3.05, 3.63) is 27.3 Å². The number of nitrogens with zero attached hydrogens (tertiary/aromatic N) is 1. The molecule has 0 aliphatic rings. The van der Waals surface area contributed by atoms with E-state index >= 15 is 0 Å². The van der Waals surface area contributed by atoms with Crippen molar-refractivity contribution < 1.29 is 14.7 Å². The van der Waals surface area contributed by atoms with Gasteiger partial charge in [0, 0.05) is 9.26 Å². The molecule has 0 aliphatic carbocycles. The van der Waals surface area contributed by atoms with Gasteiger partial charge in [-0.25, -0.2) is 4.79 Å². The van der Waals surface area contributed by atoms with E-state index in [9.17, 15) is 9.59 Å². The molecule has 0 atom stereocenters. The van der Waals surface area contributed by atoms with Gasteiger partial charge in [-0.3, -0.25) is 4.79 Å². The number of carbonyl (C=O) groups is 2. The topological polar surface area (TPSA) is 69.6 Å². The highest BCUT2D eigenvalue weighted by Gasteiger charge is 2.16. The number of terminal acetylenes is 1. The molecule has 0 aromatic heterocycles. The van der Waals surface area contributed by atoms with E-state index in [0.717, 1.165) is 14.0 Å². The van der Waals surface area contributed by atoms with Gasteiger partial charge < -0.3 is 15.3 Å². The number of aliphatic carboxylic acids is 1. The maximum Gasteiger partial charge on any atom is 0.323 e. The minimum Gasteiger partial charge on any atom is -0.480 e. The number of anilines is 1. The summed E-state index contributed by atoms with van der Waals surface area (Å²) in [5, 5.41) is 11.4. The highest BCUT2D eigenvalue weighted by molar-refractivity contribution is 14.1. The summed E-state index contributed by atoms with van der Waals surface area (Å²) in [6.07, 6.45) is 5.12. The van der Waals surface area contributed by atoms with Crippen LogP contribution in [0.3, 0.4) is 0 Å². The van der Waals surface area contributed by atoms with Crippen molar-refractivity contribution in [2.75, 3.05) is 18.4 Å². The number of halogens is 1. The Morgan fingerprint density at radius 2 is 2.21 bits per heavy atom. The summed E-state index contributed by atoms with van der Waals surface area (Å²) in [5.41, 5.74) is 1.57. The van der Waals surface area contributed by atoms with Gasteiger partial charge in [0.05, 0.1) is 6.54 Å². The number of carboxylic acids is 1. The lowest BCUT2D eigenvalue weighted by Gasteiger charge is -2.19. The third kappa shape index (κ3) is 4.44. The number of nitrogens with one attached hydrogen (secondary N) is 1. The zero-order chi connectivity index (χ0) is 14.4. The molecule has 0 aliphatic heterocycles. The van der Waals surface area contributed by atoms with Crippen LogP contribution in [-0.2, 0) is 4.79 Å². The van der Waals surface area contributed by atoms with E-state index in [1.54, 1.807) is 6.07 Å². The number of carbonyl (C=O) groups excluding carboxylic acids is 1. The van der Waals surface area contributed by atoms with Gasteiger partial charge in [-0.05, 0) is 47.2 Å². The molecule has 0 saturated heterocycles. The summed E-state index contributed by atoms with van der Waals surface area (Å²) in [4.78, 5) is 23.7. The van der Waals surface area contributed by atoms with E-state index < -0.39 is 18.5 Å². The van der Waals surface area contributed by atoms with Crippen LogP contribution in [0.25, 0.3) is 0 Å². The van der Waals surface area contributed by atoms with Crippen LogP contribution >= 0.6 is 22.6 Å². The first kappa shape index (κ1) is 15.3. The molecule has 0 radical (unpaired) electrons. The van der Waals surface area contributed by atoms with Crippen molar-refractivity contribution in [1.82, 2.24) is 4.90 Å². The second-order valence-corrected chi connectivity index (χ2v) is 4.96. The first-order valence-corrected chi connectivity index (χ1v) is 6.50. The number of hydrogen-bond donors (Lipinski definition) is 2. The monoisotopic (exact) mass is 372 g/mol. The SMILES string of the molecule is C#CCN(CC(=O)O)C(=O)Nc1cccc(I)c1C. The van der Waals surface area contributed by atoms with Crippen LogP contribution in [-0.4, -0.2) is 35.1 Å². The number of benzene rings is 1. The zero-order valence-corrected chi connectivity index (χ0v) is 12.5. The maximum absolute atomic E-state index is 12.0. The second-order valence-electron chi connectivity index (χ2n) is 3.80. The molecule has 0 bridgehead atoms. The van der Waals surface area contributed by atoms with Gasteiger partial charge in [0.1, 0.15) is 6.54 Å². The lowest BCUT2D eigenvalue weighted by molar-refractivity contribution is -0.137. The average Bonchev–Trinajstić information content (AvgIpc) is 2.34. The number of hydrogen-bond acceptors (Lipinski definition) is 2. The van der Waals surface area contributed by atoms with Crippen molar-refractivity contribution in [1.29, 1.82) is 0 Å². The summed E-state index contributed by atoms with van der Waals surface area (Å²) in [7, 11) is 0. The standard InChI is InChI=1S/C13H13IN2O3/c1-3-7-16(8-12(17)18)13(19)15-11-6-4-5-10(14)9(11)2/h1,4-6H,7-8H2,2H3,(H,15,19)(H,17,18). The van der Waals surface area contributed by atoms with Crippen LogP contribution in [0.15, 0.2) is 18.2 Å². The van der Waals surface area contributed by atoms with Crippen molar-refractivity contribution in [2.45, 2.75) is 6.92 Å². The third-order valence-corrected chi connectivity index (χ3v) is 3.57. The lowest BCUT2D eigenvalue weighted by atomic mass is 10.2. The molecule has 100 valence electrons. The van der Waals surface area contributed by atoms with E-state index in [-0.39, 0.29) is 6.54 Å². The molecular formula is C13H13IN2O3. The average molecular weight is 372 g/mol. The molecule has 1 rings (SSSR count). The van der Waals surface area contributed by atoms with Gasteiger partial charge in [0.2, 0.25) is 0 Å². The van der Waals surface area contributed by atoms with Crippen molar-refractivity contribution in [3.63, 3.8) is 0 Å². The summed E-state index contributed by atoms with van der Waals surface area (Å²) < 4.78 is 1.01. The fourth-order valence-corrected chi connectivity index (χ4v) is 1.91. The Morgan fingerprint density at radius 1 is 1.53 bits per heavy atom. The molecular weight excluding hydrogens is 359 g/mol. The molecule has 1 aromatic carbocycles. The fourth-order valence-electron chi connectivity index (χ4n) is 1.41. The second kappa shape index (κ2) is 6.99. The molecule has 2 N–H and O–H groups in total. The largest absolute Gasteiger partial charge is 0.480 e. The molecule has 0 unspecified atom stereocenters. The molecule has 0 spiro atoms. The van der Waals surface area contributed by atoms with E-state index in [4.69, 9.17) is 11.5 Å². The van der Waals surface area contributed by atoms with Gasteiger partial charge in [0.25, 0.3) is 0 Å². The molecule has 5 nitrogen and oxygen atoms in total. The van der Waals surface area contributed by atoms with Gasteiger partial charge in [-0.2, -0.15) is 0 Å². The molecule has 2 amide bonds. The van der Waals surface area contributed by atoms with E-state index in [1.807, 2.05) is 19.1 Å². The van der Waals surface area contributed by atoms with Crippen LogP contribution in [0.5, 0.6) is 0 Å². The number of amides is 2. The van der Waals surface area contributed by atoms with E-state index in [1.165, 1.54) is 0 Å². The van der Waals surface area contributed by atoms with Gasteiger partial charge in [-0.15, -0.1) is 6.42 Å². The van der Waals surface area contributed by atoms with Crippen molar-refractivity contribution in [2.24, 2.45) is 0 Å². The molecule has 0 saturated carbocycles. The van der Waals surface area contributed by atoms with Gasteiger partial charge in [0.15, 0.2) is 0 Å². The molecule has 1 aromatic rings. The first-order chi connectivity index (χ1) is 8.95. The lowest BCUT2D eigenvalue weighted by Crippen LogP contribution is -2.39. The molecule has 0 fully saturated rings. The highest BCUT2D eigenvalue weighted by Crippen LogP contribution is 2.20. The Hall–Kier alpha value is -1.75. The number of carboxylic acid groups (broad SMARTS) is 1. The van der Waals surface area contributed by atoms with E-state index in [0.29, 0.717) is 5.69 Å². The minimum atomic E-state index is -1.11. The normalized spacial score (nSPS) is 9.53. The Balaban J connectivity index is 2.84. The Labute approximate surface area is 125 Å². The molecule has 19 heavy (non-hydrogen) atoms.